The minimum Gasteiger partial charge on any atom is -0.424 e. The third-order valence-electron chi connectivity index (χ3n) is 4.74. The fourth-order valence-corrected chi connectivity index (χ4v) is 3.35. The van der Waals surface area contributed by atoms with Crippen LogP contribution in [0.3, 0.4) is 0 Å². The molecular weight excluding hydrogens is 320 g/mol. The highest BCUT2D eigenvalue weighted by atomic mass is 16.4. The van der Waals surface area contributed by atoms with Crippen LogP contribution in [-0.4, -0.2) is 52.7 Å². The van der Waals surface area contributed by atoms with Gasteiger partial charge in [0.05, 0.1) is 6.54 Å². The van der Waals surface area contributed by atoms with Crippen LogP contribution in [0.4, 0.5) is 0 Å². The third-order valence-corrected chi connectivity index (χ3v) is 4.74. The molecule has 0 bridgehead atoms. The van der Waals surface area contributed by atoms with Gasteiger partial charge in [0.15, 0.2) is 5.82 Å². The van der Waals surface area contributed by atoms with Crippen molar-refractivity contribution in [1.29, 1.82) is 0 Å². The highest BCUT2D eigenvalue weighted by molar-refractivity contribution is 5.04. The van der Waals surface area contributed by atoms with Crippen molar-refractivity contribution >= 4 is 0 Å². The number of aryl methyl sites for hydroxylation is 1. The summed E-state index contributed by atoms with van der Waals surface area (Å²) in [5.74, 6) is 3.74. The van der Waals surface area contributed by atoms with Gasteiger partial charge in [0.1, 0.15) is 12.4 Å². The summed E-state index contributed by atoms with van der Waals surface area (Å²) in [5.41, 5.74) is 0. The first-order chi connectivity index (χ1) is 12.2. The zero-order valence-electron chi connectivity index (χ0n) is 14.5. The molecule has 1 aliphatic rings. The Hall–Kier alpha value is -2.55. The average molecular weight is 342 g/mol. The molecule has 3 aromatic heterocycles. The summed E-state index contributed by atoms with van der Waals surface area (Å²) >= 11 is 0. The Morgan fingerprint density at radius 3 is 2.64 bits per heavy atom. The minimum absolute atomic E-state index is 0.435. The second kappa shape index (κ2) is 6.75. The zero-order chi connectivity index (χ0) is 17.2. The number of rotatable bonds is 5. The predicted molar refractivity (Wildman–Crippen MR) is 88.6 cm³/mol. The van der Waals surface area contributed by atoms with Gasteiger partial charge >= 0.3 is 0 Å². The van der Waals surface area contributed by atoms with E-state index in [9.17, 15) is 0 Å². The largest absolute Gasteiger partial charge is 0.424 e. The van der Waals surface area contributed by atoms with Gasteiger partial charge in [-0.1, -0.05) is 0 Å². The summed E-state index contributed by atoms with van der Waals surface area (Å²) in [6.45, 7) is 5.17. The number of likely N-dealkylation sites (tertiary alicyclic amines) is 1. The minimum atomic E-state index is 0.435. The molecule has 9 heteroatoms. The molecule has 0 amide bonds. The van der Waals surface area contributed by atoms with E-state index in [2.05, 4.69) is 35.0 Å². The third kappa shape index (κ3) is 3.46. The molecule has 1 aliphatic heterocycles. The van der Waals surface area contributed by atoms with Crippen LogP contribution in [0.5, 0.6) is 0 Å². The van der Waals surface area contributed by atoms with Gasteiger partial charge in [-0.3, -0.25) is 9.58 Å². The van der Waals surface area contributed by atoms with Gasteiger partial charge in [0, 0.05) is 32.3 Å². The Bertz CT molecular complexity index is 813. The maximum atomic E-state index is 5.47. The topological polar surface area (TPSA) is 90.7 Å². The van der Waals surface area contributed by atoms with Crippen LogP contribution in [0.1, 0.15) is 42.2 Å². The van der Waals surface area contributed by atoms with Crippen molar-refractivity contribution in [2.24, 2.45) is 7.05 Å². The molecule has 4 heterocycles. The number of nitrogens with zero attached hydrogens (tertiary/aromatic N) is 8. The van der Waals surface area contributed by atoms with Crippen LogP contribution in [0, 0.1) is 6.92 Å². The van der Waals surface area contributed by atoms with E-state index in [-0.39, 0.29) is 0 Å². The monoisotopic (exact) mass is 342 g/mol. The first kappa shape index (κ1) is 15.9. The molecule has 0 aromatic carbocycles. The Morgan fingerprint density at radius 2 is 1.96 bits per heavy atom. The normalized spacial score (nSPS) is 16.6. The van der Waals surface area contributed by atoms with E-state index < -0.39 is 0 Å². The molecule has 0 N–H and O–H groups in total. The molecular formula is C16H22N8O. The zero-order valence-corrected chi connectivity index (χ0v) is 14.5. The highest BCUT2D eigenvalue weighted by Gasteiger charge is 2.26. The maximum absolute atomic E-state index is 5.47. The SMILES string of the molecule is Cc1nnc(CN2CCC(c3nnc(Cn4cccn4)n3C)CC2)o1. The average Bonchev–Trinajstić information content (AvgIpc) is 3.33. The van der Waals surface area contributed by atoms with Crippen LogP contribution in [0.15, 0.2) is 22.9 Å². The molecule has 4 rings (SSSR count). The van der Waals surface area contributed by atoms with E-state index in [4.69, 9.17) is 4.42 Å². The lowest BCUT2D eigenvalue weighted by molar-refractivity contribution is 0.183. The van der Waals surface area contributed by atoms with Gasteiger partial charge < -0.3 is 8.98 Å². The second-order valence-corrected chi connectivity index (χ2v) is 6.50. The molecule has 0 aliphatic carbocycles. The smallest absolute Gasteiger partial charge is 0.230 e. The quantitative estimate of drug-likeness (QED) is 0.686. The van der Waals surface area contributed by atoms with Crippen molar-refractivity contribution in [3.63, 3.8) is 0 Å². The van der Waals surface area contributed by atoms with E-state index >= 15 is 0 Å². The molecule has 0 unspecified atom stereocenters. The molecule has 25 heavy (non-hydrogen) atoms. The van der Waals surface area contributed by atoms with Crippen LogP contribution in [0.25, 0.3) is 0 Å². The summed E-state index contributed by atoms with van der Waals surface area (Å²) in [4.78, 5) is 2.35. The second-order valence-electron chi connectivity index (χ2n) is 6.50. The molecule has 1 fully saturated rings. The Kier molecular flexibility index (Phi) is 4.31. The number of hydrogen-bond donors (Lipinski definition) is 0. The number of hydrogen-bond acceptors (Lipinski definition) is 7. The fraction of sp³-hybridized carbons (Fsp3) is 0.562. The molecule has 0 saturated carbocycles. The standard InChI is InChI=1S/C16H22N8O/c1-12-18-20-15(25-12)11-23-8-4-13(5-9-23)16-21-19-14(22(16)2)10-24-7-3-6-17-24/h3,6-7,13H,4-5,8-11H2,1-2H3. The van der Waals surface area contributed by atoms with Crippen LogP contribution in [0.2, 0.25) is 0 Å². The first-order valence-electron chi connectivity index (χ1n) is 8.56. The summed E-state index contributed by atoms with van der Waals surface area (Å²) in [6, 6.07) is 1.91. The number of aromatic nitrogens is 7. The van der Waals surface area contributed by atoms with Gasteiger partial charge in [0.25, 0.3) is 0 Å². The fourth-order valence-electron chi connectivity index (χ4n) is 3.35. The van der Waals surface area contributed by atoms with Crippen molar-refractivity contribution < 1.29 is 4.42 Å². The van der Waals surface area contributed by atoms with Gasteiger partial charge in [0.2, 0.25) is 11.8 Å². The van der Waals surface area contributed by atoms with E-state index in [1.54, 1.807) is 6.20 Å². The van der Waals surface area contributed by atoms with Crippen LogP contribution < -0.4 is 0 Å². The summed E-state index contributed by atoms with van der Waals surface area (Å²) < 4.78 is 9.45. The lowest BCUT2D eigenvalue weighted by Gasteiger charge is -2.30. The molecule has 132 valence electrons. The first-order valence-corrected chi connectivity index (χ1v) is 8.56. The Morgan fingerprint density at radius 1 is 1.12 bits per heavy atom. The van der Waals surface area contributed by atoms with Crippen LogP contribution >= 0.6 is 0 Å². The molecule has 0 spiro atoms. The molecule has 1 saturated heterocycles. The van der Waals surface area contributed by atoms with Crippen molar-refractivity contribution in [2.75, 3.05) is 13.1 Å². The number of piperidine rings is 1. The molecule has 3 aromatic rings. The van der Waals surface area contributed by atoms with E-state index in [0.29, 0.717) is 24.2 Å². The van der Waals surface area contributed by atoms with Crippen molar-refractivity contribution in [3.05, 3.63) is 41.9 Å². The lowest BCUT2D eigenvalue weighted by atomic mass is 9.96. The Balaban J connectivity index is 1.37. The molecule has 0 atom stereocenters. The van der Waals surface area contributed by atoms with Crippen LogP contribution in [-0.2, 0) is 20.1 Å². The highest BCUT2D eigenvalue weighted by Crippen LogP contribution is 2.27. The van der Waals surface area contributed by atoms with E-state index in [1.807, 2.05) is 30.9 Å². The lowest BCUT2D eigenvalue weighted by Crippen LogP contribution is -2.33. The van der Waals surface area contributed by atoms with Gasteiger partial charge in [-0.15, -0.1) is 20.4 Å². The van der Waals surface area contributed by atoms with Crippen molar-refractivity contribution in [2.45, 2.75) is 38.8 Å². The molecule has 0 radical (unpaired) electrons. The van der Waals surface area contributed by atoms with Gasteiger partial charge in [-0.2, -0.15) is 5.10 Å². The van der Waals surface area contributed by atoms with Gasteiger partial charge in [-0.25, -0.2) is 0 Å². The Labute approximate surface area is 145 Å². The summed E-state index contributed by atoms with van der Waals surface area (Å²) in [5, 5.41) is 21.0. The van der Waals surface area contributed by atoms with Crippen molar-refractivity contribution in [1.82, 2.24) is 39.6 Å². The maximum Gasteiger partial charge on any atom is 0.230 e. The summed E-state index contributed by atoms with van der Waals surface area (Å²) in [7, 11) is 2.04. The predicted octanol–water partition coefficient (Wildman–Crippen LogP) is 1.13. The van der Waals surface area contributed by atoms with Crippen molar-refractivity contribution in [3.8, 4) is 0 Å². The molecule has 9 nitrogen and oxygen atoms in total. The summed E-state index contributed by atoms with van der Waals surface area (Å²) in [6.07, 6.45) is 5.83. The van der Waals surface area contributed by atoms with E-state index in [1.165, 1.54) is 0 Å². The van der Waals surface area contributed by atoms with Gasteiger partial charge in [-0.05, 0) is 32.0 Å². The van der Waals surface area contributed by atoms with E-state index in [0.717, 1.165) is 44.1 Å².